The second kappa shape index (κ2) is 6.18. The smallest absolute Gasteiger partial charge is 0.267 e. The summed E-state index contributed by atoms with van der Waals surface area (Å²) in [6, 6.07) is 29.5. The summed E-state index contributed by atoms with van der Waals surface area (Å²) in [7, 11) is 0. The van der Waals surface area contributed by atoms with Crippen LogP contribution in [0.3, 0.4) is 0 Å². The molecule has 0 aliphatic rings. The van der Waals surface area contributed by atoms with Crippen LogP contribution >= 0.6 is 0 Å². The normalized spacial score (nSPS) is 11.1. The van der Waals surface area contributed by atoms with Crippen LogP contribution in [0.4, 0.5) is 0 Å². The van der Waals surface area contributed by atoms with E-state index in [1.54, 1.807) is 6.07 Å². The number of hydrogen-bond donors (Lipinski definition) is 0. The molecule has 0 saturated carbocycles. The van der Waals surface area contributed by atoms with Crippen molar-refractivity contribution in [3.63, 3.8) is 0 Å². The molecule has 5 rings (SSSR count). The molecule has 0 radical (unpaired) electrons. The molecule has 2 heterocycles. The van der Waals surface area contributed by atoms with E-state index in [1.807, 2.05) is 60.7 Å². The molecule has 2 aromatic heterocycles. The summed E-state index contributed by atoms with van der Waals surface area (Å²) in [6.07, 6.45) is 0. The van der Waals surface area contributed by atoms with Crippen molar-refractivity contribution in [3.05, 3.63) is 101 Å². The zero-order chi connectivity index (χ0) is 18.2. The van der Waals surface area contributed by atoms with Crippen LogP contribution in [0.2, 0.25) is 0 Å². The summed E-state index contributed by atoms with van der Waals surface area (Å²) in [5.74, 6) is 0. The minimum Gasteiger partial charge on any atom is -0.267 e. The Morgan fingerprint density at radius 1 is 0.630 bits per heavy atom. The molecule has 0 atom stereocenters. The highest BCUT2D eigenvalue weighted by molar-refractivity contribution is 5.79. The van der Waals surface area contributed by atoms with Crippen molar-refractivity contribution in [2.75, 3.05) is 0 Å². The molecule has 4 nitrogen and oxygen atoms in total. The van der Waals surface area contributed by atoms with Crippen LogP contribution in [0.1, 0.15) is 0 Å². The summed E-state index contributed by atoms with van der Waals surface area (Å²) in [4.78, 5) is 17.3. The molecule has 4 heteroatoms. The van der Waals surface area contributed by atoms with Crippen LogP contribution in [0.5, 0.6) is 0 Å². The zero-order valence-corrected chi connectivity index (χ0v) is 14.4. The lowest BCUT2D eigenvalue weighted by molar-refractivity contribution is 0.887. The van der Waals surface area contributed by atoms with Crippen molar-refractivity contribution in [2.45, 2.75) is 0 Å². The SMILES string of the molecule is O=c1c2ccccc2nc2ccc(-c3ccc(-c4ccccc4)cc3)nn12. The van der Waals surface area contributed by atoms with Gasteiger partial charge in [0.25, 0.3) is 5.56 Å². The number of nitrogens with zero attached hydrogens (tertiary/aromatic N) is 3. The molecule has 0 unspecified atom stereocenters. The zero-order valence-electron chi connectivity index (χ0n) is 14.4. The van der Waals surface area contributed by atoms with Gasteiger partial charge in [0.15, 0.2) is 5.65 Å². The van der Waals surface area contributed by atoms with Crippen molar-refractivity contribution in [2.24, 2.45) is 0 Å². The van der Waals surface area contributed by atoms with Gasteiger partial charge in [0.05, 0.1) is 16.6 Å². The molecule has 128 valence electrons. The van der Waals surface area contributed by atoms with Gasteiger partial charge in [0.2, 0.25) is 0 Å². The molecule has 5 aromatic rings. The topological polar surface area (TPSA) is 47.3 Å². The highest BCUT2D eigenvalue weighted by Gasteiger charge is 2.08. The predicted octanol–water partition coefficient (Wildman–Crippen LogP) is 4.58. The molecule has 3 aromatic carbocycles. The Hall–Kier alpha value is -3.79. The van der Waals surface area contributed by atoms with Gasteiger partial charge in [-0.3, -0.25) is 4.79 Å². The van der Waals surface area contributed by atoms with E-state index in [0.29, 0.717) is 16.6 Å². The number of aromatic nitrogens is 3. The Morgan fingerprint density at radius 2 is 1.30 bits per heavy atom. The summed E-state index contributed by atoms with van der Waals surface area (Å²) in [5.41, 5.74) is 5.08. The van der Waals surface area contributed by atoms with Gasteiger partial charge in [-0.1, -0.05) is 66.7 Å². The Balaban J connectivity index is 1.62. The minimum absolute atomic E-state index is 0.154. The van der Waals surface area contributed by atoms with Gasteiger partial charge in [0, 0.05) is 5.56 Å². The lowest BCUT2D eigenvalue weighted by atomic mass is 10.0. The van der Waals surface area contributed by atoms with E-state index in [-0.39, 0.29) is 5.56 Å². The van der Waals surface area contributed by atoms with Crippen molar-refractivity contribution in [1.29, 1.82) is 0 Å². The highest BCUT2D eigenvalue weighted by atomic mass is 16.1. The fraction of sp³-hybridized carbons (Fsp3) is 0. The summed E-state index contributed by atoms with van der Waals surface area (Å²) in [5, 5.41) is 5.11. The maximum absolute atomic E-state index is 12.8. The lowest BCUT2D eigenvalue weighted by Gasteiger charge is -2.07. The lowest BCUT2D eigenvalue weighted by Crippen LogP contribution is -2.18. The van der Waals surface area contributed by atoms with Crippen molar-refractivity contribution in [3.8, 4) is 22.4 Å². The first-order valence-corrected chi connectivity index (χ1v) is 8.74. The Bertz CT molecular complexity index is 1320. The van der Waals surface area contributed by atoms with Gasteiger partial charge in [-0.15, -0.1) is 0 Å². The van der Waals surface area contributed by atoms with E-state index >= 15 is 0 Å². The Morgan fingerprint density at radius 3 is 2.11 bits per heavy atom. The van der Waals surface area contributed by atoms with Crippen LogP contribution < -0.4 is 5.56 Å². The summed E-state index contributed by atoms with van der Waals surface area (Å²) >= 11 is 0. The van der Waals surface area contributed by atoms with Crippen LogP contribution in [0, 0.1) is 0 Å². The fourth-order valence-electron chi connectivity index (χ4n) is 3.26. The van der Waals surface area contributed by atoms with E-state index in [9.17, 15) is 4.79 Å². The predicted molar refractivity (Wildman–Crippen MR) is 108 cm³/mol. The Labute approximate surface area is 155 Å². The number of rotatable bonds is 2. The first-order valence-electron chi connectivity index (χ1n) is 8.74. The van der Waals surface area contributed by atoms with Gasteiger partial charge in [-0.05, 0) is 35.4 Å². The van der Waals surface area contributed by atoms with E-state index in [1.165, 1.54) is 10.1 Å². The van der Waals surface area contributed by atoms with Crippen LogP contribution in [-0.4, -0.2) is 14.6 Å². The maximum atomic E-state index is 12.8. The molecule has 0 aliphatic heterocycles. The third-order valence-electron chi connectivity index (χ3n) is 4.66. The molecule has 0 N–H and O–H groups in total. The average molecular weight is 349 g/mol. The summed E-state index contributed by atoms with van der Waals surface area (Å²) in [6.45, 7) is 0. The van der Waals surface area contributed by atoms with E-state index in [4.69, 9.17) is 0 Å². The van der Waals surface area contributed by atoms with Crippen molar-refractivity contribution < 1.29 is 0 Å². The first-order chi connectivity index (χ1) is 13.3. The van der Waals surface area contributed by atoms with Crippen molar-refractivity contribution >= 4 is 16.6 Å². The molecule has 27 heavy (non-hydrogen) atoms. The van der Waals surface area contributed by atoms with Crippen LogP contribution in [0.15, 0.2) is 95.8 Å². The second-order valence-electron chi connectivity index (χ2n) is 6.37. The van der Waals surface area contributed by atoms with E-state index in [2.05, 4.69) is 34.3 Å². The van der Waals surface area contributed by atoms with Gasteiger partial charge in [0.1, 0.15) is 0 Å². The monoisotopic (exact) mass is 349 g/mol. The maximum Gasteiger partial charge on any atom is 0.282 e. The molecule has 0 bridgehead atoms. The number of hydrogen-bond acceptors (Lipinski definition) is 3. The van der Waals surface area contributed by atoms with E-state index in [0.717, 1.165) is 16.8 Å². The largest absolute Gasteiger partial charge is 0.282 e. The molecular weight excluding hydrogens is 334 g/mol. The molecule has 0 fully saturated rings. The van der Waals surface area contributed by atoms with Crippen LogP contribution in [0.25, 0.3) is 38.9 Å². The molecular formula is C23H15N3O. The Kier molecular flexibility index (Phi) is 3.54. The third-order valence-corrected chi connectivity index (χ3v) is 4.66. The quantitative estimate of drug-likeness (QED) is 0.438. The van der Waals surface area contributed by atoms with Gasteiger partial charge >= 0.3 is 0 Å². The van der Waals surface area contributed by atoms with Crippen LogP contribution in [-0.2, 0) is 0 Å². The molecule has 0 aliphatic carbocycles. The van der Waals surface area contributed by atoms with Gasteiger partial charge < -0.3 is 0 Å². The number of para-hydroxylation sites is 1. The number of fused-ring (bicyclic) bond motifs is 2. The van der Waals surface area contributed by atoms with Crippen molar-refractivity contribution in [1.82, 2.24) is 14.6 Å². The van der Waals surface area contributed by atoms with E-state index < -0.39 is 0 Å². The summed E-state index contributed by atoms with van der Waals surface area (Å²) < 4.78 is 1.38. The second-order valence-corrected chi connectivity index (χ2v) is 6.37. The third kappa shape index (κ3) is 2.68. The average Bonchev–Trinajstić information content (AvgIpc) is 2.75. The highest BCUT2D eigenvalue weighted by Crippen LogP contribution is 2.23. The standard InChI is InChI=1S/C23H15N3O/c27-23-19-8-4-5-9-21(19)24-22-15-14-20(25-26(22)23)18-12-10-17(11-13-18)16-6-2-1-3-7-16/h1-15H. The fourth-order valence-corrected chi connectivity index (χ4v) is 3.26. The first kappa shape index (κ1) is 15.5. The molecule has 0 spiro atoms. The molecule has 0 amide bonds. The van der Waals surface area contributed by atoms with Gasteiger partial charge in [-0.2, -0.15) is 9.61 Å². The number of benzene rings is 3. The van der Waals surface area contributed by atoms with Gasteiger partial charge in [-0.25, -0.2) is 4.98 Å². The minimum atomic E-state index is -0.154. The molecule has 0 saturated heterocycles.